The molecule has 1 aliphatic heterocycles. The summed E-state index contributed by atoms with van der Waals surface area (Å²) >= 11 is 17.8. The van der Waals surface area contributed by atoms with E-state index >= 15 is 0 Å². The van der Waals surface area contributed by atoms with Gasteiger partial charge in [0, 0.05) is 11.6 Å². The summed E-state index contributed by atoms with van der Waals surface area (Å²) in [4.78, 5) is 12.3. The number of halogens is 3. The molecule has 0 bridgehead atoms. The second-order valence-electron chi connectivity index (χ2n) is 5.38. The van der Waals surface area contributed by atoms with E-state index in [9.17, 15) is 13.2 Å². The maximum atomic E-state index is 12.3. The Morgan fingerprint density at radius 2 is 1.64 bits per heavy atom. The molecule has 25 heavy (non-hydrogen) atoms. The molecule has 0 amide bonds. The highest BCUT2D eigenvalue weighted by Gasteiger charge is 2.28. The second-order valence-corrected chi connectivity index (χ2v) is 8.64. The quantitative estimate of drug-likeness (QED) is 0.545. The Morgan fingerprint density at radius 3 is 2.16 bits per heavy atom. The van der Waals surface area contributed by atoms with Crippen LogP contribution >= 0.6 is 34.8 Å². The fraction of sp³-hybridized carbons (Fsp3) is 0.188. The summed E-state index contributed by atoms with van der Waals surface area (Å²) in [5.74, 6) is -0.518. The van der Waals surface area contributed by atoms with E-state index in [0.29, 0.717) is 23.7 Å². The Bertz CT molecular complexity index is 906. The third-order valence-corrected chi connectivity index (χ3v) is 6.30. The van der Waals surface area contributed by atoms with Crippen LogP contribution in [-0.4, -0.2) is 26.7 Å². The molecule has 132 valence electrons. The Labute approximate surface area is 160 Å². The van der Waals surface area contributed by atoms with Crippen LogP contribution in [-0.2, 0) is 10.0 Å². The van der Waals surface area contributed by atoms with E-state index in [2.05, 4.69) is 0 Å². The largest absolute Gasteiger partial charge is 0.420 e. The lowest BCUT2D eigenvalue weighted by atomic mass is 10.2. The number of ether oxygens (including phenoxy) is 1. The number of carbonyl (C=O) groups excluding carboxylic acids is 1. The third-order valence-electron chi connectivity index (χ3n) is 3.65. The average molecular weight is 421 g/mol. The van der Waals surface area contributed by atoms with Gasteiger partial charge in [0.2, 0.25) is 10.0 Å². The maximum Gasteiger partial charge on any atom is 0.343 e. The summed E-state index contributed by atoms with van der Waals surface area (Å²) in [5.41, 5.74) is 0.749. The molecule has 0 spiro atoms. The number of hydrogen-bond donors (Lipinski definition) is 0. The molecule has 1 heterocycles. The number of carbonyl (C=O) groups is 1. The summed E-state index contributed by atoms with van der Waals surface area (Å²) in [6.45, 7) is 0.433. The zero-order chi connectivity index (χ0) is 18.2. The zero-order valence-electron chi connectivity index (χ0n) is 12.7. The number of nitrogens with zero attached hydrogens (tertiary/aromatic N) is 1. The molecule has 0 unspecified atom stereocenters. The number of sulfonamides is 1. The van der Waals surface area contributed by atoms with E-state index in [1.807, 2.05) is 0 Å². The molecule has 3 rings (SSSR count). The van der Waals surface area contributed by atoms with Crippen molar-refractivity contribution in [3.05, 3.63) is 57.0 Å². The topological polar surface area (TPSA) is 63.7 Å². The summed E-state index contributed by atoms with van der Waals surface area (Å²) in [6.07, 6.45) is 0.583. The van der Waals surface area contributed by atoms with E-state index in [-0.39, 0.29) is 27.1 Å². The minimum absolute atomic E-state index is 0.0175. The van der Waals surface area contributed by atoms with Crippen LogP contribution in [0.25, 0.3) is 0 Å². The Hall–Kier alpha value is -1.47. The first-order chi connectivity index (χ1) is 11.8. The highest BCUT2D eigenvalue weighted by molar-refractivity contribution is 7.93. The number of esters is 1. The molecule has 5 nitrogen and oxygen atoms in total. The van der Waals surface area contributed by atoms with Gasteiger partial charge in [-0.25, -0.2) is 13.2 Å². The van der Waals surface area contributed by atoms with Crippen molar-refractivity contribution in [1.29, 1.82) is 0 Å². The first kappa shape index (κ1) is 18.3. The van der Waals surface area contributed by atoms with Gasteiger partial charge < -0.3 is 4.74 Å². The first-order valence-corrected chi connectivity index (χ1v) is 9.99. The summed E-state index contributed by atoms with van der Waals surface area (Å²) < 4.78 is 30.4. The smallest absolute Gasteiger partial charge is 0.343 e. The van der Waals surface area contributed by atoms with Gasteiger partial charge in [0.05, 0.1) is 27.0 Å². The number of anilines is 1. The Kier molecular flexibility index (Phi) is 5.16. The van der Waals surface area contributed by atoms with Crippen LogP contribution in [0.3, 0.4) is 0 Å². The first-order valence-electron chi connectivity index (χ1n) is 7.25. The van der Waals surface area contributed by atoms with Crippen LogP contribution in [0.5, 0.6) is 5.75 Å². The van der Waals surface area contributed by atoms with Crippen molar-refractivity contribution in [2.45, 2.75) is 6.42 Å². The fourth-order valence-corrected chi connectivity index (χ4v) is 4.93. The lowest BCUT2D eigenvalue weighted by molar-refractivity contribution is 0.0735. The molecule has 0 aliphatic carbocycles. The van der Waals surface area contributed by atoms with Gasteiger partial charge in [-0.2, -0.15) is 0 Å². The van der Waals surface area contributed by atoms with Crippen LogP contribution in [0.15, 0.2) is 36.4 Å². The molecule has 2 aromatic rings. The summed E-state index contributed by atoms with van der Waals surface area (Å²) in [6, 6.07) is 8.93. The number of hydrogen-bond acceptors (Lipinski definition) is 4. The molecule has 0 atom stereocenters. The molecule has 0 aromatic heterocycles. The predicted octanol–water partition coefficient (Wildman–Crippen LogP) is 4.41. The summed E-state index contributed by atoms with van der Waals surface area (Å²) in [7, 11) is -3.27. The van der Waals surface area contributed by atoms with Crippen molar-refractivity contribution in [1.82, 2.24) is 0 Å². The molecular weight excluding hydrogens is 409 g/mol. The molecule has 0 N–H and O–H groups in total. The minimum atomic E-state index is -3.27. The van der Waals surface area contributed by atoms with E-state index in [4.69, 9.17) is 39.5 Å². The van der Waals surface area contributed by atoms with Crippen LogP contribution in [0, 0.1) is 0 Å². The van der Waals surface area contributed by atoms with E-state index < -0.39 is 16.0 Å². The molecule has 0 radical (unpaired) electrons. The van der Waals surface area contributed by atoms with E-state index in [1.165, 1.54) is 28.6 Å². The van der Waals surface area contributed by atoms with Gasteiger partial charge in [-0.15, -0.1) is 0 Å². The highest BCUT2D eigenvalue weighted by Crippen LogP contribution is 2.36. The minimum Gasteiger partial charge on any atom is -0.420 e. The van der Waals surface area contributed by atoms with Crippen LogP contribution in [0.4, 0.5) is 5.69 Å². The molecule has 1 fully saturated rings. The molecule has 1 saturated heterocycles. The van der Waals surface area contributed by atoms with E-state index in [1.54, 1.807) is 12.1 Å². The monoisotopic (exact) mass is 419 g/mol. The molecule has 0 saturated carbocycles. The van der Waals surface area contributed by atoms with Gasteiger partial charge in [-0.1, -0.05) is 34.8 Å². The highest BCUT2D eigenvalue weighted by atomic mass is 35.5. The number of rotatable bonds is 3. The Balaban J connectivity index is 1.80. The fourth-order valence-electron chi connectivity index (χ4n) is 2.47. The van der Waals surface area contributed by atoms with Gasteiger partial charge in [0.15, 0.2) is 5.75 Å². The standard InChI is InChI=1S/C16H12Cl3NO4S/c17-11-8-13(18)15(14(19)9-11)24-16(21)10-2-4-12(5-3-10)20-6-1-7-25(20,22)23/h2-5,8-9H,1,6-7H2. The van der Waals surface area contributed by atoms with Gasteiger partial charge in [-0.05, 0) is 42.8 Å². The van der Waals surface area contributed by atoms with Crippen molar-refractivity contribution in [3.63, 3.8) is 0 Å². The molecular formula is C16H12Cl3NO4S. The molecule has 2 aromatic carbocycles. The average Bonchev–Trinajstić information content (AvgIpc) is 2.90. The summed E-state index contributed by atoms with van der Waals surface area (Å²) in [5, 5.41) is 0.558. The normalized spacial score (nSPS) is 16.0. The lowest BCUT2D eigenvalue weighted by Gasteiger charge is -2.17. The van der Waals surface area contributed by atoms with Crippen molar-refractivity contribution >= 4 is 56.5 Å². The van der Waals surface area contributed by atoms with Gasteiger partial charge in [-0.3, -0.25) is 4.31 Å². The van der Waals surface area contributed by atoms with Crippen molar-refractivity contribution in [3.8, 4) is 5.75 Å². The van der Waals surface area contributed by atoms with Gasteiger partial charge in [0.25, 0.3) is 0 Å². The SMILES string of the molecule is O=C(Oc1c(Cl)cc(Cl)cc1Cl)c1ccc(N2CCCS2(=O)=O)cc1. The van der Waals surface area contributed by atoms with Crippen molar-refractivity contribution in [2.75, 3.05) is 16.6 Å². The van der Waals surface area contributed by atoms with Crippen LogP contribution in [0.1, 0.15) is 16.8 Å². The molecule has 1 aliphatic rings. The number of benzene rings is 2. The molecule has 9 heteroatoms. The van der Waals surface area contributed by atoms with Crippen molar-refractivity contribution in [2.24, 2.45) is 0 Å². The second kappa shape index (κ2) is 7.03. The third kappa shape index (κ3) is 3.87. The van der Waals surface area contributed by atoms with E-state index in [0.717, 1.165) is 0 Å². The predicted molar refractivity (Wildman–Crippen MR) is 98.6 cm³/mol. The van der Waals surface area contributed by atoms with Crippen molar-refractivity contribution < 1.29 is 17.9 Å². The van der Waals surface area contributed by atoms with Crippen LogP contribution < -0.4 is 9.04 Å². The lowest BCUT2D eigenvalue weighted by Crippen LogP contribution is -2.25. The Morgan fingerprint density at radius 1 is 1.04 bits per heavy atom. The maximum absolute atomic E-state index is 12.3. The van der Waals surface area contributed by atoms with Gasteiger partial charge >= 0.3 is 5.97 Å². The zero-order valence-corrected chi connectivity index (χ0v) is 15.8. The van der Waals surface area contributed by atoms with Gasteiger partial charge in [0.1, 0.15) is 0 Å². The van der Waals surface area contributed by atoms with Crippen LogP contribution in [0.2, 0.25) is 15.1 Å².